The molecular weight excluding hydrogens is 264 g/mol. The molecule has 1 heterocycles. The summed E-state index contributed by atoms with van der Waals surface area (Å²) in [7, 11) is 0. The van der Waals surface area contributed by atoms with Gasteiger partial charge in [-0.05, 0) is 49.4 Å². The third-order valence-corrected chi connectivity index (χ3v) is 3.65. The van der Waals surface area contributed by atoms with Crippen molar-refractivity contribution < 1.29 is 9.59 Å². The molecule has 1 saturated heterocycles. The van der Waals surface area contributed by atoms with Crippen LogP contribution < -0.4 is 10.2 Å². The first kappa shape index (κ1) is 15.5. The number of carbonyl (C=O) groups is 2. The summed E-state index contributed by atoms with van der Waals surface area (Å²) in [5.74, 6) is 0.264. The average molecular weight is 288 g/mol. The SMILES string of the molecule is Cc1cc(C)cc(N2CC[C@@H](NC(=O)CC(C)C)C2=O)c1. The highest BCUT2D eigenvalue weighted by atomic mass is 16.2. The highest BCUT2D eigenvalue weighted by molar-refractivity contribution is 6.01. The van der Waals surface area contributed by atoms with Crippen molar-refractivity contribution in [1.29, 1.82) is 0 Å². The van der Waals surface area contributed by atoms with E-state index in [2.05, 4.69) is 11.4 Å². The molecule has 1 aromatic rings. The van der Waals surface area contributed by atoms with Gasteiger partial charge in [-0.1, -0.05) is 19.9 Å². The molecule has 1 N–H and O–H groups in total. The van der Waals surface area contributed by atoms with Crippen LogP contribution in [-0.4, -0.2) is 24.4 Å². The van der Waals surface area contributed by atoms with Crippen LogP contribution in [0.25, 0.3) is 0 Å². The first-order chi connectivity index (χ1) is 9.86. The first-order valence-corrected chi connectivity index (χ1v) is 7.56. The van der Waals surface area contributed by atoms with Crippen molar-refractivity contribution in [3.63, 3.8) is 0 Å². The molecule has 0 spiro atoms. The van der Waals surface area contributed by atoms with Crippen LogP contribution in [0.4, 0.5) is 5.69 Å². The lowest BCUT2D eigenvalue weighted by Gasteiger charge is -2.18. The minimum absolute atomic E-state index is 0.00268. The van der Waals surface area contributed by atoms with Crippen molar-refractivity contribution in [3.05, 3.63) is 29.3 Å². The summed E-state index contributed by atoms with van der Waals surface area (Å²) in [6.07, 6.45) is 1.14. The lowest BCUT2D eigenvalue weighted by molar-refractivity contribution is -0.126. The van der Waals surface area contributed by atoms with E-state index in [1.807, 2.05) is 39.8 Å². The predicted octanol–water partition coefficient (Wildman–Crippen LogP) is 2.57. The van der Waals surface area contributed by atoms with Crippen LogP contribution >= 0.6 is 0 Å². The Bertz CT molecular complexity index is 531. The topological polar surface area (TPSA) is 49.4 Å². The lowest BCUT2D eigenvalue weighted by atomic mass is 10.1. The van der Waals surface area contributed by atoms with Crippen LogP contribution in [0, 0.1) is 19.8 Å². The van der Waals surface area contributed by atoms with Gasteiger partial charge < -0.3 is 10.2 Å². The molecule has 0 aromatic heterocycles. The molecule has 0 bridgehead atoms. The maximum atomic E-state index is 12.5. The fourth-order valence-corrected chi connectivity index (χ4v) is 2.80. The zero-order valence-corrected chi connectivity index (χ0v) is 13.3. The maximum absolute atomic E-state index is 12.5. The number of hydrogen-bond donors (Lipinski definition) is 1. The summed E-state index contributed by atoms with van der Waals surface area (Å²) < 4.78 is 0. The van der Waals surface area contributed by atoms with Crippen LogP contribution in [0.5, 0.6) is 0 Å². The molecule has 0 unspecified atom stereocenters. The van der Waals surface area contributed by atoms with Gasteiger partial charge in [-0.15, -0.1) is 0 Å². The Labute approximate surface area is 126 Å². The van der Waals surface area contributed by atoms with E-state index in [4.69, 9.17) is 0 Å². The molecule has 1 aromatic carbocycles. The van der Waals surface area contributed by atoms with Crippen LogP contribution in [0.2, 0.25) is 0 Å². The van der Waals surface area contributed by atoms with Gasteiger partial charge in [-0.2, -0.15) is 0 Å². The maximum Gasteiger partial charge on any atom is 0.249 e. The highest BCUT2D eigenvalue weighted by Gasteiger charge is 2.33. The largest absolute Gasteiger partial charge is 0.344 e. The number of carbonyl (C=O) groups excluding carboxylic acids is 2. The molecule has 21 heavy (non-hydrogen) atoms. The Morgan fingerprint density at radius 1 is 1.29 bits per heavy atom. The summed E-state index contributed by atoms with van der Waals surface area (Å²) in [6.45, 7) is 8.71. The summed E-state index contributed by atoms with van der Waals surface area (Å²) in [5.41, 5.74) is 3.22. The minimum Gasteiger partial charge on any atom is -0.344 e. The van der Waals surface area contributed by atoms with Gasteiger partial charge in [0.1, 0.15) is 6.04 Å². The van der Waals surface area contributed by atoms with Crippen LogP contribution in [-0.2, 0) is 9.59 Å². The monoisotopic (exact) mass is 288 g/mol. The molecule has 1 atom stereocenters. The Morgan fingerprint density at radius 3 is 2.48 bits per heavy atom. The second kappa shape index (κ2) is 6.29. The van der Waals surface area contributed by atoms with Crippen LogP contribution in [0.3, 0.4) is 0 Å². The number of benzene rings is 1. The highest BCUT2D eigenvalue weighted by Crippen LogP contribution is 2.24. The van der Waals surface area contributed by atoms with Crippen molar-refractivity contribution >= 4 is 17.5 Å². The molecule has 0 saturated carbocycles. The van der Waals surface area contributed by atoms with Gasteiger partial charge in [-0.3, -0.25) is 9.59 Å². The number of amides is 2. The number of aryl methyl sites for hydroxylation is 2. The molecule has 114 valence electrons. The normalized spacial score (nSPS) is 18.4. The number of anilines is 1. The van der Waals surface area contributed by atoms with E-state index < -0.39 is 0 Å². The fraction of sp³-hybridized carbons (Fsp3) is 0.529. The third-order valence-electron chi connectivity index (χ3n) is 3.65. The average Bonchev–Trinajstić information content (AvgIpc) is 2.68. The summed E-state index contributed by atoms with van der Waals surface area (Å²) in [5, 5.41) is 2.86. The zero-order valence-electron chi connectivity index (χ0n) is 13.3. The summed E-state index contributed by atoms with van der Waals surface area (Å²) in [4.78, 5) is 26.1. The molecule has 2 amide bonds. The van der Waals surface area contributed by atoms with E-state index in [1.165, 1.54) is 0 Å². The molecule has 0 aliphatic carbocycles. The smallest absolute Gasteiger partial charge is 0.249 e. The van der Waals surface area contributed by atoms with E-state index >= 15 is 0 Å². The fourth-order valence-electron chi connectivity index (χ4n) is 2.80. The lowest BCUT2D eigenvalue weighted by Crippen LogP contribution is -2.41. The van der Waals surface area contributed by atoms with E-state index in [-0.39, 0.29) is 17.9 Å². The number of hydrogen-bond acceptors (Lipinski definition) is 2. The predicted molar refractivity (Wildman–Crippen MR) is 84.3 cm³/mol. The summed E-state index contributed by atoms with van der Waals surface area (Å²) in [6, 6.07) is 5.75. The van der Waals surface area contributed by atoms with Crippen molar-refractivity contribution in [2.45, 2.75) is 46.6 Å². The first-order valence-electron chi connectivity index (χ1n) is 7.56. The Morgan fingerprint density at radius 2 is 1.90 bits per heavy atom. The molecule has 2 rings (SSSR count). The number of rotatable bonds is 4. The molecule has 0 radical (unpaired) electrons. The second-order valence-corrected chi connectivity index (χ2v) is 6.34. The van der Waals surface area contributed by atoms with Gasteiger partial charge in [0.15, 0.2) is 0 Å². The molecule has 1 aliphatic rings. The van der Waals surface area contributed by atoms with Gasteiger partial charge in [0.25, 0.3) is 0 Å². The van der Waals surface area contributed by atoms with E-state index in [1.54, 1.807) is 4.90 Å². The Hall–Kier alpha value is -1.84. The van der Waals surface area contributed by atoms with Crippen LogP contribution in [0.15, 0.2) is 18.2 Å². The second-order valence-electron chi connectivity index (χ2n) is 6.34. The van der Waals surface area contributed by atoms with Crippen molar-refractivity contribution in [3.8, 4) is 0 Å². The number of nitrogens with zero attached hydrogens (tertiary/aromatic N) is 1. The van der Waals surface area contributed by atoms with Crippen molar-refractivity contribution in [2.24, 2.45) is 5.92 Å². The van der Waals surface area contributed by atoms with Gasteiger partial charge in [0.05, 0.1) is 0 Å². The molecule has 4 nitrogen and oxygen atoms in total. The third kappa shape index (κ3) is 3.84. The number of nitrogens with one attached hydrogen (secondary N) is 1. The molecular formula is C17H24N2O2. The standard InChI is InChI=1S/C17H24N2O2/c1-11(2)7-16(20)18-15-5-6-19(17(15)21)14-9-12(3)8-13(4)10-14/h8-11,15H,5-7H2,1-4H3,(H,18,20)/t15-/m1/s1. The van der Waals surface area contributed by atoms with E-state index in [9.17, 15) is 9.59 Å². The van der Waals surface area contributed by atoms with E-state index in [0.29, 0.717) is 25.3 Å². The van der Waals surface area contributed by atoms with Gasteiger partial charge in [0.2, 0.25) is 11.8 Å². The quantitative estimate of drug-likeness (QED) is 0.925. The van der Waals surface area contributed by atoms with Gasteiger partial charge >= 0.3 is 0 Å². The Kier molecular flexibility index (Phi) is 4.66. The van der Waals surface area contributed by atoms with Crippen molar-refractivity contribution in [2.75, 3.05) is 11.4 Å². The van der Waals surface area contributed by atoms with Crippen LogP contribution in [0.1, 0.15) is 37.8 Å². The molecule has 4 heteroatoms. The molecule has 1 aliphatic heterocycles. The van der Waals surface area contributed by atoms with Gasteiger partial charge in [-0.25, -0.2) is 0 Å². The molecule has 1 fully saturated rings. The van der Waals surface area contributed by atoms with Crippen molar-refractivity contribution in [1.82, 2.24) is 5.32 Å². The minimum atomic E-state index is -0.378. The van der Waals surface area contributed by atoms with E-state index in [0.717, 1.165) is 16.8 Å². The summed E-state index contributed by atoms with van der Waals surface area (Å²) >= 11 is 0. The Balaban J connectivity index is 2.06. The zero-order chi connectivity index (χ0) is 15.6. The van der Waals surface area contributed by atoms with Gasteiger partial charge in [0, 0.05) is 18.7 Å².